The Morgan fingerprint density at radius 2 is 1.80 bits per heavy atom. The van der Waals surface area contributed by atoms with E-state index in [1.165, 1.54) is 0 Å². The van der Waals surface area contributed by atoms with Gasteiger partial charge in [-0.2, -0.15) is 0 Å². The van der Waals surface area contributed by atoms with Crippen molar-refractivity contribution in [3.63, 3.8) is 0 Å². The first-order valence-electron chi connectivity index (χ1n) is 6.83. The van der Waals surface area contributed by atoms with Gasteiger partial charge >= 0.3 is 6.09 Å². The van der Waals surface area contributed by atoms with Crippen LogP contribution in [0.15, 0.2) is 30.3 Å². The molecule has 0 radical (unpaired) electrons. The minimum atomic E-state index is -0.457. The molecule has 5 nitrogen and oxygen atoms in total. The normalized spacial score (nSPS) is 10.9. The van der Waals surface area contributed by atoms with Crippen molar-refractivity contribution >= 4 is 6.09 Å². The summed E-state index contributed by atoms with van der Waals surface area (Å²) in [4.78, 5) is 11.3. The first-order chi connectivity index (χ1) is 9.47. The lowest BCUT2D eigenvalue weighted by Crippen LogP contribution is -2.37. The van der Waals surface area contributed by atoms with Crippen molar-refractivity contribution in [3.05, 3.63) is 30.3 Å². The van der Waals surface area contributed by atoms with Gasteiger partial charge in [-0.1, -0.05) is 18.2 Å². The zero-order chi connectivity index (χ0) is 14.8. The quantitative estimate of drug-likeness (QED) is 0.752. The molecule has 5 heteroatoms. The van der Waals surface area contributed by atoms with Crippen LogP contribution >= 0.6 is 0 Å². The molecule has 1 amide bonds. The standard InChI is InChI=1S/C15H24N2O3/c1-15(2,3)20-14(18)17-10-9-16-11-12-19-13-7-5-4-6-8-13/h4-8,16H,9-12H2,1-3H3,(H,17,18). The van der Waals surface area contributed by atoms with Gasteiger partial charge in [0.1, 0.15) is 18.0 Å². The summed E-state index contributed by atoms with van der Waals surface area (Å²) in [6.07, 6.45) is -0.389. The van der Waals surface area contributed by atoms with Crippen molar-refractivity contribution < 1.29 is 14.3 Å². The van der Waals surface area contributed by atoms with Crippen LogP contribution in [0.4, 0.5) is 4.79 Å². The highest BCUT2D eigenvalue weighted by Gasteiger charge is 2.15. The Bertz CT molecular complexity index is 388. The van der Waals surface area contributed by atoms with Crippen LogP contribution in [0, 0.1) is 0 Å². The van der Waals surface area contributed by atoms with Crippen molar-refractivity contribution in [2.45, 2.75) is 26.4 Å². The molecule has 1 aromatic rings. The number of ether oxygens (including phenoxy) is 2. The monoisotopic (exact) mass is 280 g/mol. The Morgan fingerprint density at radius 3 is 2.45 bits per heavy atom. The van der Waals surface area contributed by atoms with Gasteiger partial charge in [-0.05, 0) is 32.9 Å². The molecule has 0 saturated heterocycles. The lowest BCUT2D eigenvalue weighted by molar-refractivity contribution is 0.0528. The highest BCUT2D eigenvalue weighted by Crippen LogP contribution is 2.07. The predicted octanol–water partition coefficient (Wildman–Crippen LogP) is 2.18. The molecule has 0 aromatic heterocycles. The van der Waals surface area contributed by atoms with E-state index in [0.29, 0.717) is 19.7 Å². The van der Waals surface area contributed by atoms with E-state index in [2.05, 4.69) is 10.6 Å². The molecular formula is C15H24N2O3. The minimum Gasteiger partial charge on any atom is -0.492 e. The van der Waals surface area contributed by atoms with Gasteiger partial charge in [-0.15, -0.1) is 0 Å². The molecule has 0 unspecified atom stereocenters. The maximum absolute atomic E-state index is 11.3. The Morgan fingerprint density at radius 1 is 1.10 bits per heavy atom. The van der Waals surface area contributed by atoms with E-state index in [0.717, 1.165) is 12.3 Å². The highest BCUT2D eigenvalue weighted by atomic mass is 16.6. The van der Waals surface area contributed by atoms with Gasteiger partial charge in [0, 0.05) is 19.6 Å². The summed E-state index contributed by atoms with van der Waals surface area (Å²) >= 11 is 0. The lowest BCUT2D eigenvalue weighted by atomic mass is 10.2. The van der Waals surface area contributed by atoms with Crippen LogP contribution in [0.1, 0.15) is 20.8 Å². The maximum Gasteiger partial charge on any atom is 0.407 e. The molecule has 0 aliphatic carbocycles. The van der Waals surface area contributed by atoms with Crippen molar-refractivity contribution in [3.8, 4) is 5.75 Å². The van der Waals surface area contributed by atoms with Crippen LogP contribution in [-0.2, 0) is 4.74 Å². The SMILES string of the molecule is CC(C)(C)OC(=O)NCCNCCOc1ccccc1. The molecule has 20 heavy (non-hydrogen) atoms. The molecule has 0 aliphatic heterocycles. The topological polar surface area (TPSA) is 59.6 Å². The molecule has 0 bridgehead atoms. The third-order valence-electron chi connectivity index (χ3n) is 2.26. The van der Waals surface area contributed by atoms with E-state index in [4.69, 9.17) is 9.47 Å². The van der Waals surface area contributed by atoms with Gasteiger partial charge in [-0.25, -0.2) is 4.79 Å². The smallest absolute Gasteiger partial charge is 0.407 e. The molecule has 0 saturated carbocycles. The second-order valence-electron chi connectivity index (χ2n) is 5.34. The fraction of sp³-hybridized carbons (Fsp3) is 0.533. The Labute approximate surface area is 120 Å². The number of para-hydroxylation sites is 1. The van der Waals surface area contributed by atoms with Crippen molar-refractivity contribution in [2.24, 2.45) is 0 Å². The van der Waals surface area contributed by atoms with E-state index in [9.17, 15) is 4.79 Å². The van der Waals surface area contributed by atoms with Gasteiger partial charge in [0.25, 0.3) is 0 Å². The van der Waals surface area contributed by atoms with E-state index in [1.54, 1.807) is 0 Å². The molecule has 0 aliphatic rings. The van der Waals surface area contributed by atoms with Crippen LogP contribution in [0.25, 0.3) is 0 Å². The number of benzene rings is 1. The van der Waals surface area contributed by atoms with Crippen molar-refractivity contribution in [2.75, 3.05) is 26.2 Å². The number of amides is 1. The average molecular weight is 280 g/mol. The summed E-state index contributed by atoms with van der Waals surface area (Å²) in [5.74, 6) is 0.862. The first-order valence-corrected chi connectivity index (χ1v) is 6.83. The molecule has 112 valence electrons. The minimum absolute atomic E-state index is 0.389. The second kappa shape index (κ2) is 8.43. The van der Waals surface area contributed by atoms with Crippen LogP contribution < -0.4 is 15.4 Å². The van der Waals surface area contributed by atoms with E-state index >= 15 is 0 Å². The van der Waals surface area contributed by atoms with Crippen LogP contribution in [0.3, 0.4) is 0 Å². The third kappa shape index (κ3) is 8.37. The largest absolute Gasteiger partial charge is 0.492 e. The number of carbonyl (C=O) groups is 1. The number of hydrogen-bond donors (Lipinski definition) is 2. The summed E-state index contributed by atoms with van der Waals surface area (Å²) in [7, 11) is 0. The summed E-state index contributed by atoms with van der Waals surface area (Å²) in [6, 6.07) is 9.67. The fourth-order valence-corrected chi connectivity index (χ4v) is 1.45. The molecule has 0 heterocycles. The fourth-order valence-electron chi connectivity index (χ4n) is 1.45. The molecule has 0 atom stereocenters. The highest BCUT2D eigenvalue weighted by molar-refractivity contribution is 5.67. The molecular weight excluding hydrogens is 256 g/mol. The Kier molecular flexibility index (Phi) is 6.87. The Balaban J connectivity index is 1.96. The van der Waals surface area contributed by atoms with E-state index < -0.39 is 5.60 Å². The van der Waals surface area contributed by atoms with Crippen LogP contribution in [-0.4, -0.2) is 37.9 Å². The van der Waals surface area contributed by atoms with E-state index in [-0.39, 0.29) is 6.09 Å². The van der Waals surface area contributed by atoms with Gasteiger partial charge in [0.05, 0.1) is 0 Å². The summed E-state index contributed by atoms with van der Waals surface area (Å²) < 4.78 is 10.6. The number of nitrogens with one attached hydrogen (secondary N) is 2. The average Bonchev–Trinajstić information content (AvgIpc) is 2.37. The van der Waals surface area contributed by atoms with Crippen LogP contribution in [0.5, 0.6) is 5.75 Å². The Hall–Kier alpha value is -1.75. The summed E-state index contributed by atoms with van der Waals surface area (Å²) in [6.45, 7) is 8.04. The molecule has 0 fully saturated rings. The predicted molar refractivity (Wildman–Crippen MR) is 79.0 cm³/mol. The maximum atomic E-state index is 11.3. The molecule has 0 spiro atoms. The first kappa shape index (κ1) is 16.3. The summed E-state index contributed by atoms with van der Waals surface area (Å²) in [5, 5.41) is 5.86. The number of hydrogen-bond acceptors (Lipinski definition) is 4. The number of rotatable bonds is 7. The van der Waals surface area contributed by atoms with Gasteiger partial charge in [0.2, 0.25) is 0 Å². The molecule has 2 N–H and O–H groups in total. The molecule has 1 aromatic carbocycles. The zero-order valence-electron chi connectivity index (χ0n) is 12.4. The number of alkyl carbamates (subject to hydrolysis) is 1. The van der Waals surface area contributed by atoms with Gasteiger partial charge in [-0.3, -0.25) is 0 Å². The zero-order valence-corrected chi connectivity index (χ0v) is 12.4. The lowest BCUT2D eigenvalue weighted by Gasteiger charge is -2.19. The molecule has 1 rings (SSSR count). The van der Waals surface area contributed by atoms with E-state index in [1.807, 2.05) is 51.1 Å². The van der Waals surface area contributed by atoms with Crippen molar-refractivity contribution in [1.82, 2.24) is 10.6 Å². The van der Waals surface area contributed by atoms with Crippen molar-refractivity contribution in [1.29, 1.82) is 0 Å². The van der Waals surface area contributed by atoms with Crippen LogP contribution in [0.2, 0.25) is 0 Å². The van der Waals surface area contributed by atoms with Gasteiger partial charge < -0.3 is 20.1 Å². The second-order valence-corrected chi connectivity index (χ2v) is 5.34. The van der Waals surface area contributed by atoms with Gasteiger partial charge in [0.15, 0.2) is 0 Å². The number of carbonyl (C=O) groups excluding carboxylic acids is 1. The summed E-state index contributed by atoms with van der Waals surface area (Å²) in [5.41, 5.74) is -0.457. The third-order valence-corrected chi connectivity index (χ3v) is 2.26.